The van der Waals surface area contributed by atoms with Crippen LogP contribution in [0.5, 0.6) is 5.75 Å². The molecule has 0 N–H and O–H groups in total. The molecule has 4 heteroatoms. The van der Waals surface area contributed by atoms with Crippen LogP contribution < -0.4 is 4.74 Å². The molecule has 0 radical (unpaired) electrons. The van der Waals surface area contributed by atoms with Crippen molar-refractivity contribution in [3.8, 4) is 5.75 Å². The lowest BCUT2D eigenvalue weighted by molar-refractivity contribution is -0.0478. The molecule has 1 saturated heterocycles. The van der Waals surface area contributed by atoms with Crippen LogP contribution in [0.3, 0.4) is 0 Å². The molecule has 0 unspecified atom stereocenters. The summed E-state index contributed by atoms with van der Waals surface area (Å²) in [5.41, 5.74) is 2.18. The Morgan fingerprint density at radius 3 is 2.46 bits per heavy atom. The number of para-hydroxylation sites is 1. The first-order valence-electron chi connectivity index (χ1n) is 8.56. The highest BCUT2D eigenvalue weighted by Gasteiger charge is 2.24. The quantitative estimate of drug-likeness (QED) is 0.766. The van der Waals surface area contributed by atoms with Gasteiger partial charge in [0.25, 0.3) is 0 Å². The van der Waals surface area contributed by atoms with Crippen molar-refractivity contribution in [1.82, 2.24) is 4.90 Å². The van der Waals surface area contributed by atoms with Gasteiger partial charge in [-0.15, -0.1) is 0 Å². The average Bonchev–Trinajstić information content (AvgIpc) is 2.66. The SMILES string of the molecule is FCCCc1ccccc1O[C@@H](c1ccccc1)N1CCOCC1. The van der Waals surface area contributed by atoms with Crippen LogP contribution in [0.1, 0.15) is 23.8 Å². The van der Waals surface area contributed by atoms with Gasteiger partial charge in [-0.2, -0.15) is 0 Å². The Bertz CT molecular complexity index is 614. The highest BCUT2D eigenvalue weighted by Crippen LogP contribution is 2.29. The molecule has 3 rings (SSSR count). The fourth-order valence-corrected chi connectivity index (χ4v) is 2.99. The number of morpholine rings is 1. The summed E-state index contributed by atoms with van der Waals surface area (Å²) in [5, 5.41) is 0. The Morgan fingerprint density at radius 2 is 1.71 bits per heavy atom. The van der Waals surface area contributed by atoms with Crippen molar-refractivity contribution in [2.24, 2.45) is 0 Å². The van der Waals surface area contributed by atoms with Gasteiger partial charge in [-0.25, -0.2) is 0 Å². The van der Waals surface area contributed by atoms with Gasteiger partial charge in [0.05, 0.1) is 19.9 Å². The summed E-state index contributed by atoms with van der Waals surface area (Å²) in [6, 6.07) is 18.2. The summed E-state index contributed by atoms with van der Waals surface area (Å²) < 4.78 is 24.5. The minimum absolute atomic E-state index is 0.151. The molecular formula is C20H24FNO2. The topological polar surface area (TPSA) is 21.7 Å². The lowest BCUT2D eigenvalue weighted by Gasteiger charge is -2.35. The van der Waals surface area contributed by atoms with Crippen LogP contribution in [-0.2, 0) is 11.2 Å². The van der Waals surface area contributed by atoms with Gasteiger partial charge >= 0.3 is 0 Å². The van der Waals surface area contributed by atoms with Crippen molar-refractivity contribution in [3.63, 3.8) is 0 Å². The molecule has 1 aliphatic rings. The molecule has 0 amide bonds. The minimum atomic E-state index is -0.306. The van der Waals surface area contributed by atoms with Crippen molar-refractivity contribution >= 4 is 0 Å². The number of nitrogens with zero attached hydrogens (tertiary/aromatic N) is 1. The number of alkyl halides is 1. The molecule has 128 valence electrons. The Morgan fingerprint density at radius 1 is 1.00 bits per heavy atom. The third-order valence-electron chi connectivity index (χ3n) is 4.25. The van der Waals surface area contributed by atoms with Gasteiger partial charge in [0, 0.05) is 18.7 Å². The highest BCUT2D eigenvalue weighted by molar-refractivity contribution is 5.34. The number of hydrogen-bond acceptors (Lipinski definition) is 3. The monoisotopic (exact) mass is 329 g/mol. The largest absolute Gasteiger partial charge is 0.471 e. The Labute approximate surface area is 143 Å². The summed E-state index contributed by atoms with van der Waals surface area (Å²) in [7, 11) is 0. The van der Waals surface area contributed by atoms with E-state index in [1.807, 2.05) is 42.5 Å². The molecule has 1 heterocycles. The first-order chi connectivity index (χ1) is 11.9. The first kappa shape index (κ1) is 16.9. The number of rotatable bonds is 7. The first-order valence-corrected chi connectivity index (χ1v) is 8.56. The zero-order chi connectivity index (χ0) is 16.6. The molecule has 2 aromatic carbocycles. The molecule has 1 atom stereocenters. The molecule has 2 aromatic rings. The standard InChI is InChI=1S/C20H24FNO2/c21-12-6-10-17-7-4-5-11-19(17)24-20(18-8-2-1-3-9-18)22-13-15-23-16-14-22/h1-5,7-9,11,20H,6,10,12-16H2/t20-/m0/s1. The van der Waals surface area contributed by atoms with Crippen LogP contribution in [0, 0.1) is 0 Å². The van der Waals surface area contributed by atoms with E-state index in [0.29, 0.717) is 12.8 Å². The normalized spacial score (nSPS) is 16.7. The second kappa shape index (κ2) is 8.81. The molecular weight excluding hydrogens is 305 g/mol. The number of halogens is 1. The highest BCUT2D eigenvalue weighted by atomic mass is 19.1. The van der Waals surface area contributed by atoms with Crippen LogP contribution in [0.25, 0.3) is 0 Å². The van der Waals surface area contributed by atoms with Gasteiger partial charge in [0.15, 0.2) is 6.23 Å². The zero-order valence-corrected chi connectivity index (χ0v) is 13.9. The average molecular weight is 329 g/mol. The molecule has 0 bridgehead atoms. The lowest BCUT2D eigenvalue weighted by atomic mass is 10.1. The van der Waals surface area contributed by atoms with E-state index < -0.39 is 0 Å². The third kappa shape index (κ3) is 4.34. The Balaban J connectivity index is 1.84. The van der Waals surface area contributed by atoms with E-state index in [1.165, 1.54) is 0 Å². The van der Waals surface area contributed by atoms with Crippen molar-refractivity contribution in [2.45, 2.75) is 19.1 Å². The van der Waals surface area contributed by atoms with Gasteiger partial charge in [-0.05, 0) is 24.5 Å². The van der Waals surface area contributed by atoms with Gasteiger partial charge in [0.1, 0.15) is 5.75 Å². The molecule has 24 heavy (non-hydrogen) atoms. The number of benzene rings is 2. The maximum atomic E-state index is 12.6. The van der Waals surface area contributed by atoms with Gasteiger partial charge < -0.3 is 9.47 Å². The van der Waals surface area contributed by atoms with Crippen molar-refractivity contribution in [3.05, 3.63) is 65.7 Å². The van der Waals surface area contributed by atoms with Crippen LogP contribution in [0.15, 0.2) is 54.6 Å². The van der Waals surface area contributed by atoms with E-state index in [9.17, 15) is 4.39 Å². The summed E-state index contributed by atoms with van der Waals surface area (Å²) in [4.78, 5) is 2.30. The number of ether oxygens (including phenoxy) is 2. The summed E-state index contributed by atoms with van der Waals surface area (Å²) in [6.45, 7) is 2.81. The van der Waals surface area contributed by atoms with E-state index in [-0.39, 0.29) is 12.9 Å². The Hall–Kier alpha value is -1.91. The van der Waals surface area contributed by atoms with Gasteiger partial charge in [-0.3, -0.25) is 9.29 Å². The second-order valence-electron chi connectivity index (χ2n) is 5.93. The molecule has 1 aliphatic heterocycles. The fraction of sp³-hybridized carbons (Fsp3) is 0.400. The maximum Gasteiger partial charge on any atom is 0.179 e. The molecule has 0 aliphatic carbocycles. The van der Waals surface area contributed by atoms with Crippen molar-refractivity contribution in [2.75, 3.05) is 33.0 Å². The number of aryl methyl sites for hydroxylation is 1. The van der Waals surface area contributed by atoms with Crippen LogP contribution in [0.4, 0.5) is 4.39 Å². The lowest BCUT2D eigenvalue weighted by Crippen LogP contribution is -2.41. The number of hydrogen-bond donors (Lipinski definition) is 0. The second-order valence-corrected chi connectivity index (χ2v) is 5.93. The van der Waals surface area contributed by atoms with Crippen LogP contribution >= 0.6 is 0 Å². The summed E-state index contributed by atoms with van der Waals surface area (Å²) in [5.74, 6) is 0.839. The fourth-order valence-electron chi connectivity index (χ4n) is 2.99. The van der Waals surface area contributed by atoms with Crippen molar-refractivity contribution < 1.29 is 13.9 Å². The molecule has 0 aromatic heterocycles. The van der Waals surface area contributed by atoms with Crippen molar-refractivity contribution in [1.29, 1.82) is 0 Å². The van der Waals surface area contributed by atoms with E-state index in [0.717, 1.165) is 43.2 Å². The molecule has 0 saturated carbocycles. The third-order valence-corrected chi connectivity index (χ3v) is 4.25. The van der Waals surface area contributed by atoms with E-state index in [2.05, 4.69) is 17.0 Å². The van der Waals surface area contributed by atoms with Gasteiger partial charge in [-0.1, -0.05) is 48.5 Å². The Kier molecular flexibility index (Phi) is 6.21. The molecule has 3 nitrogen and oxygen atoms in total. The van der Waals surface area contributed by atoms with Crippen LogP contribution in [-0.4, -0.2) is 37.9 Å². The predicted molar refractivity (Wildman–Crippen MR) is 92.9 cm³/mol. The summed E-state index contributed by atoms with van der Waals surface area (Å²) >= 11 is 0. The zero-order valence-electron chi connectivity index (χ0n) is 13.9. The molecule has 0 spiro atoms. The van der Waals surface area contributed by atoms with E-state index >= 15 is 0 Å². The van der Waals surface area contributed by atoms with Crippen LogP contribution in [0.2, 0.25) is 0 Å². The predicted octanol–water partition coefficient (Wildman–Crippen LogP) is 4.00. The maximum absolute atomic E-state index is 12.6. The smallest absolute Gasteiger partial charge is 0.179 e. The molecule has 1 fully saturated rings. The van der Waals surface area contributed by atoms with Gasteiger partial charge in [0.2, 0.25) is 0 Å². The minimum Gasteiger partial charge on any atom is -0.471 e. The summed E-state index contributed by atoms with van der Waals surface area (Å²) in [6.07, 6.45) is 1.06. The van der Waals surface area contributed by atoms with E-state index in [1.54, 1.807) is 0 Å². The van der Waals surface area contributed by atoms with E-state index in [4.69, 9.17) is 9.47 Å².